The summed E-state index contributed by atoms with van der Waals surface area (Å²) in [6.07, 6.45) is 5.58. The van der Waals surface area contributed by atoms with Crippen LogP contribution < -0.4 is 14.8 Å². The van der Waals surface area contributed by atoms with Gasteiger partial charge in [-0.05, 0) is 62.1 Å². The molecule has 9 heteroatoms. The average molecular weight is 472 g/mol. The highest BCUT2D eigenvalue weighted by Crippen LogP contribution is 2.28. The number of sulfonamides is 1. The van der Waals surface area contributed by atoms with Crippen LogP contribution in [0.2, 0.25) is 0 Å². The van der Waals surface area contributed by atoms with Gasteiger partial charge in [0.05, 0.1) is 7.11 Å². The zero-order valence-electron chi connectivity index (χ0n) is 18.7. The van der Waals surface area contributed by atoms with E-state index in [1.165, 1.54) is 25.3 Å². The summed E-state index contributed by atoms with van der Waals surface area (Å²) in [4.78, 5) is 27.3. The van der Waals surface area contributed by atoms with Crippen molar-refractivity contribution in [1.29, 1.82) is 0 Å². The van der Waals surface area contributed by atoms with Gasteiger partial charge in [-0.3, -0.25) is 9.59 Å². The lowest BCUT2D eigenvalue weighted by Gasteiger charge is -2.16. The molecule has 0 atom stereocenters. The monoisotopic (exact) mass is 471 g/mol. The van der Waals surface area contributed by atoms with Gasteiger partial charge < -0.3 is 15.0 Å². The fraction of sp³-hybridized carbons (Fsp3) is 0.417. The standard InChI is InChI=1S/C24H29N3O5S/c1-32-21-12-11-17(16-22(21)33(30,31)26-19-8-2-3-9-19)23(28)25-20-10-6-7-18(15-20)24(29)27-13-4-5-14-27/h6-7,10-12,15-16,19,26H,2-5,8-9,13-14H2,1H3,(H,25,28). The molecule has 0 bridgehead atoms. The quantitative estimate of drug-likeness (QED) is 0.644. The summed E-state index contributed by atoms with van der Waals surface area (Å²) in [5.41, 5.74) is 1.15. The fourth-order valence-corrected chi connectivity index (χ4v) is 5.89. The van der Waals surface area contributed by atoms with Crippen molar-refractivity contribution in [2.75, 3.05) is 25.5 Å². The molecule has 1 saturated carbocycles. The predicted octanol–water partition coefficient (Wildman–Crippen LogP) is 3.40. The van der Waals surface area contributed by atoms with E-state index in [1.807, 2.05) is 0 Å². The van der Waals surface area contributed by atoms with Gasteiger partial charge in [-0.2, -0.15) is 0 Å². The topological polar surface area (TPSA) is 105 Å². The number of hydrogen-bond donors (Lipinski definition) is 2. The highest BCUT2D eigenvalue weighted by atomic mass is 32.2. The molecule has 0 spiro atoms. The molecule has 0 aromatic heterocycles. The number of rotatable bonds is 7. The minimum absolute atomic E-state index is 0.0561. The second kappa shape index (κ2) is 9.93. The highest BCUT2D eigenvalue weighted by Gasteiger charge is 2.27. The Morgan fingerprint density at radius 2 is 1.70 bits per heavy atom. The van der Waals surface area contributed by atoms with Crippen LogP contribution in [-0.2, 0) is 10.0 Å². The van der Waals surface area contributed by atoms with Gasteiger partial charge in [0.2, 0.25) is 10.0 Å². The van der Waals surface area contributed by atoms with Crippen molar-refractivity contribution in [3.8, 4) is 5.75 Å². The first-order valence-electron chi connectivity index (χ1n) is 11.3. The van der Waals surface area contributed by atoms with Gasteiger partial charge in [-0.15, -0.1) is 0 Å². The number of ether oxygens (including phenoxy) is 1. The van der Waals surface area contributed by atoms with Gasteiger partial charge in [0.1, 0.15) is 10.6 Å². The molecular formula is C24H29N3O5S. The average Bonchev–Trinajstić information content (AvgIpc) is 3.52. The Morgan fingerprint density at radius 1 is 0.970 bits per heavy atom. The largest absolute Gasteiger partial charge is 0.495 e. The smallest absolute Gasteiger partial charge is 0.255 e. The Kier molecular flexibility index (Phi) is 6.99. The third kappa shape index (κ3) is 5.36. The van der Waals surface area contributed by atoms with E-state index < -0.39 is 15.9 Å². The first-order chi connectivity index (χ1) is 15.9. The third-order valence-electron chi connectivity index (χ3n) is 6.15. The molecule has 2 amide bonds. The van der Waals surface area contributed by atoms with E-state index in [4.69, 9.17) is 4.74 Å². The molecule has 2 aromatic rings. The lowest BCUT2D eigenvalue weighted by molar-refractivity contribution is 0.0792. The number of benzene rings is 2. The van der Waals surface area contributed by atoms with Gasteiger partial charge in [0.25, 0.3) is 11.8 Å². The van der Waals surface area contributed by atoms with E-state index in [1.54, 1.807) is 29.2 Å². The molecule has 33 heavy (non-hydrogen) atoms. The van der Waals surface area contributed by atoms with E-state index in [2.05, 4.69) is 10.0 Å². The number of hydrogen-bond acceptors (Lipinski definition) is 5. The van der Waals surface area contributed by atoms with Gasteiger partial charge in [-0.1, -0.05) is 18.9 Å². The van der Waals surface area contributed by atoms with Crippen LogP contribution in [0.25, 0.3) is 0 Å². The van der Waals surface area contributed by atoms with Crippen molar-refractivity contribution in [1.82, 2.24) is 9.62 Å². The number of likely N-dealkylation sites (tertiary alicyclic amines) is 1. The zero-order chi connectivity index (χ0) is 23.4. The van der Waals surface area contributed by atoms with E-state index >= 15 is 0 Å². The summed E-state index contributed by atoms with van der Waals surface area (Å²) in [6, 6.07) is 11.0. The van der Waals surface area contributed by atoms with Crippen LogP contribution in [0.3, 0.4) is 0 Å². The molecule has 176 valence electrons. The Balaban J connectivity index is 1.53. The summed E-state index contributed by atoms with van der Waals surface area (Å²) < 4.78 is 33.9. The summed E-state index contributed by atoms with van der Waals surface area (Å²) in [5.74, 6) is -0.351. The van der Waals surface area contributed by atoms with Gasteiger partial charge in [-0.25, -0.2) is 13.1 Å². The molecule has 0 radical (unpaired) electrons. The molecule has 0 unspecified atom stereocenters. The Labute approximate surface area is 194 Å². The molecular weight excluding hydrogens is 442 g/mol. The first kappa shape index (κ1) is 23.3. The SMILES string of the molecule is COc1ccc(C(=O)Nc2cccc(C(=O)N3CCCC3)c2)cc1S(=O)(=O)NC1CCCC1. The number of carbonyl (C=O) groups excluding carboxylic acids is 2. The first-order valence-corrected chi connectivity index (χ1v) is 12.8. The molecule has 1 saturated heterocycles. The van der Waals surface area contributed by atoms with Crippen LogP contribution in [-0.4, -0.2) is 51.4 Å². The molecule has 1 heterocycles. The molecule has 2 aliphatic rings. The zero-order valence-corrected chi connectivity index (χ0v) is 19.5. The minimum atomic E-state index is -3.85. The summed E-state index contributed by atoms with van der Waals surface area (Å²) in [6.45, 7) is 1.49. The normalized spacial score (nSPS) is 16.7. The van der Waals surface area contributed by atoms with Crippen LogP contribution in [0.1, 0.15) is 59.2 Å². The van der Waals surface area contributed by atoms with Crippen LogP contribution in [0.5, 0.6) is 5.75 Å². The third-order valence-corrected chi connectivity index (χ3v) is 7.69. The van der Waals surface area contributed by atoms with E-state index in [9.17, 15) is 18.0 Å². The lowest BCUT2D eigenvalue weighted by Crippen LogP contribution is -2.33. The van der Waals surface area contributed by atoms with E-state index in [0.29, 0.717) is 11.3 Å². The molecule has 2 N–H and O–H groups in total. The molecule has 2 fully saturated rings. The maximum absolute atomic E-state index is 13.0. The Bertz CT molecular complexity index is 1140. The maximum atomic E-state index is 13.0. The number of carbonyl (C=O) groups is 2. The number of amides is 2. The number of nitrogens with one attached hydrogen (secondary N) is 2. The van der Waals surface area contributed by atoms with Crippen LogP contribution >= 0.6 is 0 Å². The van der Waals surface area contributed by atoms with Crippen molar-refractivity contribution in [2.45, 2.75) is 49.5 Å². The van der Waals surface area contributed by atoms with Crippen molar-refractivity contribution >= 4 is 27.5 Å². The summed E-state index contributed by atoms with van der Waals surface area (Å²) in [5, 5.41) is 2.77. The molecule has 2 aromatic carbocycles. The van der Waals surface area contributed by atoms with Crippen molar-refractivity contribution < 1.29 is 22.7 Å². The highest BCUT2D eigenvalue weighted by molar-refractivity contribution is 7.89. The predicted molar refractivity (Wildman–Crippen MR) is 125 cm³/mol. The summed E-state index contributed by atoms with van der Waals surface area (Å²) in [7, 11) is -2.45. The number of methoxy groups -OCH3 is 1. The minimum Gasteiger partial charge on any atom is -0.495 e. The van der Waals surface area contributed by atoms with Gasteiger partial charge in [0, 0.05) is 35.9 Å². The van der Waals surface area contributed by atoms with Gasteiger partial charge in [0.15, 0.2) is 0 Å². The van der Waals surface area contributed by atoms with Crippen molar-refractivity contribution in [3.63, 3.8) is 0 Å². The van der Waals surface area contributed by atoms with Crippen LogP contribution in [0.4, 0.5) is 5.69 Å². The van der Waals surface area contributed by atoms with Crippen LogP contribution in [0.15, 0.2) is 47.4 Å². The molecule has 1 aliphatic heterocycles. The summed E-state index contributed by atoms with van der Waals surface area (Å²) >= 11 is 0. The molecule has 4 rings (SSSR count). The fourth-order valence-electron chi connectivity index (χ4n) is 4.39. The second-order valence-electron chi connectivity index (χ2n) is 8.50. The second-order valence-corrected chi connectivity index (χ2v) is 10.2. The van der Waals surface area contributed by atoms with Crippen molar-refractivity contribution in [2.24, 2.45) is 0 Å². The number of nitrogens with zero attached hydrogens (tertiary/aromatic N) is 1. The molecule has 1 aliphatic carbocycles. The maximum Gasteiger partial charge on any atom is 0.255 e. The van der Waals surface area contributed by atoms with Gasteiger partial charge >= 0.3 is 0 Å². The lowest BCUT2D eigenvalue weighted by atomic mass is 10.1. The number of anilines is 1. The van der Waals surface area contributed by atoms with Crippen LogP contribution in [0, 0.1) is 0 Å². The Morgan fingerprint density at radius 3 is 2.39 bits per heavy atom. The van der Waals surface area contributed by atoms with E-state index in [-0.39, 0.29) is 28.2 Å². The molecule has 8 nitrogen and oxygen atoms in total. The Hall–Kier alpha value is -2.91. The van der Waals surface area contributed by atoms with Crippen molar-refractivity contribution in [3.05, 3.63) is 53.6 Å². The van der Waals surface area contributed by atoms with E-state index in [0.717, 1.165) is 51.6 Å².